The fourth-order valence-electron chi connectivity index (χ4n) is 3.50. The highest BCUT2D eigenvalue weighted by atomic mass is 32.2. The van der Waals surface area contributed by atoms with Gasteiger partial charge in [-0.25, -0.2) is 13.1 Å². The largest absolute Gasteiger partial charge is 0.326 e. The summed E-state index contributed by atoms with van der Waals surface area (Å²) in [5, 5.41) is 2.83. The highest BCUT2D eigenvalue weighted by molar-refractivity contribution is 7.89. The third-order valence-electron chi connectivity index (χ3n) is 4.93. The maximum atomic E-state index is 12.6. The van der Waals surface area contributed by atoms with E-state index in [4.69, 9.17) is 0 Å². The number of carbonyl (C=O) groups is 1. The molecule has 0 spiro atoms. The molecule has 1 fully saturated rings. The number of nitrogens with one attached hydrogen (secondary N) is 2. The molecule has 2 heterocycles. The van der Waals surface area contributed by atoms with Crippen molar-refractivity contribution in [1.82, 2.24) is 9.62 Å². The van der Waals surface area contributed by atoms with E-state index in [2.05, 4.69) is 14.9 Å². The number of benzene rings is 1. The number of fused-ring (bicyclic) bond motifs is 1. The van der Waals surface area contributed by atoms with Crippen LogP contribution in [0, 0.1) is 0 Å². The van der Waals surface area contributed by atoms with E-state index in [9.17, 15) is 13.2 Å². The van der Waals surface area contributed by atoms with Crippen LogP contribution in [0.2, 0.25) is 0 Å². The van der Waals surface area contributed by atoms with Crippen LogP contribution in [0.15, 0.2) is 23.1 Å². The first-order chi connectivity index (χ1) is 12.0. The van der Waals surface area contributed by atoms with Gasteiger partial charge in [0, 0.05) is 25.2 Å². The zero-order chi connectivity index (χ0) is 17.7. The van der Waals surface area contributed by atoms with Crippen molar-refractivity contribution in [1.29, 1.82) is 0 Å². The van der Waals surface area contributed by atoms with Gasteiger partial charge < -0.3 is 10.2 Å². The van der Waals surface area contributed by atoms with Gasteiger partial charge in [0.1, 0.15) is 0 Å². The Hall–Kier alpha value is -1.44. The SMILES string of the molecule is O=C1CCCc2cc(S(=O)(=O)NCCN3CCCCCC3)ccc2N1. The number of aryl methyl sites for hydroxylation is 1. The molecule has 0 aliphatic carbocycles. The van der Waals surface area contributed by atoms with E-state index < -0.39 is 10.0 Å². The maximum absolute atomic E-state index is 12.6. The second kappa shape index (κ2) is 8.29. The summed E-state index contributed by atoms with van der Waals surface area (Å²) in [5.74, 6) is -0.00932. The molecular formula is C18H27N3O3S. The van der Waals surface area contributed by atoms with Gasteiger partial charge in [-0.05, 0) is 62.5 Å². The van der Waals surface area contributed by atoms with Crippen LogP contribution in [0.1, 0.15) is 44.1 Å². The van der Waals surface area contributed by atoms with E-state index in [0.717, 1.165) is 37.3 Å². The molecule has 2 N–H and O–H groups in total. The van der Waals surface area contributed by atoms with Crippen LogP contribution in [0.4, 0.5) is 5.69 Å². The molecule has 1 saturated heterocycles. The lowest BCUT2D eigenvalue weighted by molar-refractivity contribution is -0.116. The molecule has 25 heavy (non-hydrogen) atoms. The highest BCUT2D eigenvalue weighted by Crippen LogP contribution is 2.25. The third-order valence-corrected chi connectivity index (χ3v) is 6.39. The van der Waals surface area contributed by atoms with Crippen molar-refractivity contribution in [2.24, 2.45) is 0 Å². The smallest absolute Gasteiger partial charge is 0.240 e. The van der Waals surface area contributed by atoms with Crippen molar-refractivity contribution in [2.75, 3.05) is 31.5 Å². The van der Waals surface area contributed by atoms with Crippen molar-refractivity contribution in [3.05, 3.63) is 23.8 Å². The predicted octanol–water partition coefficient (Wildman–Crippen LogP) is 2.12. The van der Waals surface area contributed by atoms with Crippen molar-refractivity contribution >= 4 is 21.6 Å². The minimum absolute atomic E-state index is 0.00932. The average Bonchev–Trinajstić information content (AvgIpc) is 2.94. The molecule has 1 aromatic carbocycles. The lowest BCUT2D eigenvalue weighted by atomic mass is 10.1. The monoisotopic (exact) mass is 365 g/mol. The van der Waals surface area contributed by atoms with Gasteiger partial charge in [0.25, 0.3) is 0 Å². The molecule has 2 aliphatic rings. The number of amides is 1. The van der Waals surface area contributed by atoms with Gasteiger partial charge in [0.15, 0.2) is 0 Å². The Labute approximate surface area is 150 Å². The predicted molar refractivity (Wildman–Crippen MR) is 98.1 cm³/mol. The minimum atomic E-state index is -3.52. The molecule has 0 bridgehead atoms. The molecular weight excluding hydrogens is 338 g/mol. The van der Waals surface area contributed by atoms with E-state index in [1.165, 1.54) is 25.7 Å². The molecule has 0 unspecified atom stereocenters. The number of likely N-dealkylation sites (tertiary alicyclic amines) is 1. The van der Waals surface area contributed by atoms with E-state index in [1.807, 2.05) is 0 Å². The van der Waals surface area contributed by atoms with Crippen LogP contribution in [-0.4, -0.2) is 45.4 Å². The Morgan fingerprint density at radius 2 is 1.80 bits per heavy atom. The molecule has 6 nitrogen and oxygen atoms in total. The summed E-state index contributed by atoms with van der Waals surface area (Å²) < 4.78 is 27.8. The average molecular weight is 365 g/mol. The van der Waals surface area contributed by atoms with Crippen LogP contribution in [0.3, 0.4) is 0 Å². The van der Waals surface area contributed by atoms with Crippen LogP contribution < -0.4 is 10.0 Å². The van der Waals surface area contributed by atoms with Crippen LogP contribution in [0.5, 0.6) is 0 Å². The van der Waals surface area contributed by atoms with Crippen LogP contribution >= 0.6 is 0 Å². The number of rotatable bonds is 5. The second-order valence-electron chi connectivity index (χ2n) is 6.87. The molecule has 1 aromatic rings. The van der Waals surface area contributed by atoms with E-state index in [-0.39, 0.29) is 10.8 Å². The molecule has 3 rings (SSSR count). The zero-order valence-electron chi connectivity index (χ0n) is 14.6. The molecule has 0 aromatic heterocycles. The van der Waals surface area contributed by atoms with Gasteiger partial charge in [-0.15, -0.1) is 0 Å². The van der Waals surface area contributed by atoms with E-state index >= 15 is 0 Å². The van der Waals surface area contributed by atoms with E-state index in [1.54, 1.807) is 18.2 Å². The van der Waals surface area contributed by atoms with Crippen molar-refractivity contribution < 1.29 is 13.2 Å². The van der Waals surface area contributed by atoms with Gasteiger partial charge in [-0.3, -0.25) is 4.79 Å². The van der Waals surface area contributed by atoms with Gasteiger partial charge in [0.05, 0.1) is 4.90 Å². The summed E-state index contributed by atoms with van der Waals surface area (Å²) >= 11 is 0. The Bertz CT molecular complexity index is 710. The Kier molecular flexibility index (Phi) is 6.09. The zero-order valence-corrected chi connectivity index (χ0v) is 15.4. The molecule has 138 valence electrons. The Morgan fingerprint density at radius 1 is 1.04 bits per heavy atom. The van der Waals surface area contributed by atoms with Gasteiger partial charge in [-0.1, -0.05) is 12.8 Å². The van der Waals surface area contributed by atoms with Crippen molar-refractivity contribution in [2.45, 2.75) is 49.8 Å². The fourth-order valence-corrected chi connectivity index (χ4v) is 4.57. The summed E-state index contributed by atoms with van der Waals surface area (Å²) in [7, 11) is -3.52. The molecule has 0 radical (unpaired) electrons. The summed E-state index contributed by atoms with van der Waals surface area (Å²) in [6.07, 6.45) is 6.87. The quantitative estimate of drug-likeness (QED) is 0.838. The first kappa shape index (κ1) is 18.4. The highest BCUT2D eigenvalue weighted by Gasteiger charge is 2.19. The number of nitrogens with zero attached hydrogens (tertiary/aromatic N) is 1. The Balaban J connectivity index is 1.61. The second-order valence-corrected chi connectivity index (χ2v) is 8.64. The molecule has 1 amide bonds. The summed E-state index contributed by atoms with van der Waals surface area (Å²) in [6.45, 7) is 3.29. The summed E-state index contributed by atoms with van der Waals surface area (Å²) in [4.78, 5) is 14.2. The first-order valence-corrected chi connectivity index (χ1v) is 10.7. The summed E-state index contributed by atoms with van der Waals surface area (Å²) in [5.41, 5.74) is 1.62. The number of sulfonamides is 1. The van der Waals surface area contributed by atoms with Gasteiger partial charge in [0.2, 0.25) is 15.9 Å². The fraction of sp³-hybridized carbons (Fsp3) is 0.611. The maximum Gasteiger partial charge on any atom is 0.240 e. The molecule has 0 atom stereocenters. The van der Waals surface area contributed by atoms with Crippen LogP contribution in [-0.2, 0) is 21.2 Å². The van der Waals surface area contributed by atoms with Crippen molar-refractivity contribution in [3.63, 3.8) is 0 Å². The van der Waals surface area contributed by atoms with Gasteiger partial charge in [-0.2, -0.15) is 0 Å². The Morgan fingerprint density at radius 3 is 2.56 bits per heavy atom. The standard InChI is InChI=1S/C18H27N3O3S/c22-18-7-5-6-15-14-16(8-9-17(15)20-18)25(23,24)19-10-13-21-11-3-1-2-4-12-21/h8-9,14,19H,1-7,10-13H2,(H,20,22). The van der Waals surface area contributed by atoms with Crippen molar-refractivity contribution in [3.8, 4) is 0 Å². The topological polar surface area (TPSA) is 78.5 Å². The molecule has 0 saturated carbocycles. The lowest BCUT2D eigenvalue weighted by Crippen LogP contribution is -2.35. The lowest BCUT2D eigenvalue weighted by Gasteiger charge is -2.19. The molecule has 2 aliphatic heterocycles. The van der Waals surface area contributed by atoms with E-state index in [0.29, 0.717) is 19.4 Å². The number of anilines is 1. The number of hydrogen-bond acceptors (Lipinski definition) is 4. The third kappa shape index (κ3) is 5.03. The van der Waals surface area contributed by atoms with Gasteiger partial charge >= 0.3 is 0 Å². The minimum Gasteiger partial charge on any atom is -0.326 e. The number of hydrogen-bond donors (Lipinski definition) is 2. The first-order valence-electron chi connectivity index (χ1n) is 9.19. The normalized spacial score (nSPS) is 19.6. The van der Waals surface area contributed by atoms with Crippen LogP contribution in [0.25, 0.3) is 0 Å². The molecule has 7 heteroatoms. The number of carbonyl (C=O) groups excluding carboxylic acids is 1. The summed E-state index contributed by atoms with van der Waals surface area (Å²) in [6, 6.07) is 4.95.